The van der Waals surface area contributed by atoms with Crippen molar-refractivity contribution in [3.05, 3.63) is 71.4 Å². The van der Waals surface area contributed by atoms with Crippen LogP contribution in [0, 0.1) is 12.4 Å². The number of hydrogen-bond acceptors (Lipinski definition) is 7. The van der Waals surface area contributed by atoms with Crippen LogP contribution in [0.3, 0.4) is 0 Å². The summed E-state index contributed by atoms with van der Waals surface area (Å²) in [6.45, 7) is 13.8. The zero-order valence-electron chi connectivity index (χ0n) is 24.3. The van der Waals surface area contributed by atoms with E-state index in [2.05, 4.69) is 21.3 Å². The summed E-state index contributed by atoms with van der Waals surface area (Å²) >= 11 is 1.61. The molecular formula is C33H32F2N6O2S. The molecule has 1 atom stereocenters. The fourth-order valence-electron chi connectivity index (χ4n) is 7.26. The second kappa shape index (κ2) is 11.4. The van der Waals surface area contributed by atoms with Gasteiger partial charge in [-0.1, -0.05) is 24.8 Å². The van der Waals surface area contributed by atoms with Crippen LogP contribution in [0.25, 0.3) is 37.0 Å². The summed E-state index contributed by atoms with van der Waals surface area (Å²) in [5.74, 6) is -1.86. The van der Waals surface area contributed by atoms with Crippen molar-refractivity contribution >= 4 is 44.1 Å². The van der Waals surface area contributed by atoms with Gasteiger partial charge >= 0.3 is 6.01 Å². The molecular weight excluding hydrogens is 582 g/mol. The molecule has 3 aliphatic rings. The number of halogens is 2. The molecule has 0 radical (unpaired) electrons. The minimum Gasteiger partial charge on any atom is -0.461 e. The zero-order valence-corrected chi connectivity index (χ0v) is 25.1. The SMILES string of the molecule is [C-]#[N+]C[C@H]1CN(c2nc(OCC34CCCN3CCC4)nc3c(F)c(-c4cccc5sccc45)ccc23)CCN1C(=O)C(=C)F. The molecule has 2 aromatic carbocycles. The van der Waals surface area contributed by atoms with Crippen LogP contribution < -0.4 is 9.64 Å². The van der Waals surface area contributed by atoms with Crippen LogP contribution in [0.1, 0.15) is 25.7 Å². The summed E-state index contributed by atoms with van der Waals surface area (Å²) in [7, 11) is 0. The molecule has 7 rings (SSSR count). The maximum Gasteiger partial charge on any atom is 0.319 e. The van der Waals surface area contributed by atoms with Crippen molar-refractivity contribution < 1.29 is 18.3 Å². The van der Waals surface area contributed by atoms with Crippen LogP contribution in [0.5, 0.6) is 6.01 Å². The quantitative estimate of drug-likeness (QED) is 0.186. The number of amides is 1. The first-order valence-electron chi connectivity index (χ1n) is 15.0. The van der Waals surface area contributed by atoms with Crippen LogP contribution >= 0.6 is 11.3 Å². The summed E-state index contributed by atoms with van der Waals surface area (Å²) in [5.41, 5.74) is 1.33. The molecule has 2 aromatic heterocycles. The molecule has 0 spiro atoms. The Labute approximate surface area is 258 Å². The average molecular weight is 615 g/mol. The second-order valence-electron chi connectivity index (χ2n) is 11.8. The van der Waals surface area contributed by atoms with Crippen LogP contribution in [-0.2, 0) is 4.79 Å². The first kappa shape index (κ1) is 28.6. The maximum absolute atomic E-state index is 16.6. The standard InChI is InChI=1S/C33H32F2N6O2S/c1-21(34)31(42)41-16-15-39(19-22(41)18-36-2)30-26-9-8-25(23-6-3-7-27-24(23)10-17-44-27)28(35)29(26)37-32(38-30)43-20-33-11-4-13-40(33)14-5-12-33/h3,6-10,17,22H,1,4-5,11-16,18-20H2/t22-/m0/s1. The van der Waals surface area contributed by atoms with E-state index in [4.69, 9.17) is 16.3 Å². The Morgan fingerprint density at radius 3 is 2.68 bits per heavy atom. The highest BCUT2D eigenvalue weighted by Crippen LogP contribution is 2.40. The lowest BCUT2D eigenvalue weighted by Crippen LogP contribution is -2.56. The number of piperazine rings is 1. The molecule has 226 valence electrons. The van der Waals surface area contributed by atoms with Crippen LogP contribution in [0.15, 0.2) is 54.2 Å². The molecule has 5 heterocycles. The number of ether oxygens (including phenoxy) is 1. The third-order valence-electron chi connectivity index (χ3n) is 9.41. The fraction of sp³-hybridized carbons (Fsp3) is 0.394. The van der Waals surface area contributed by atoms with Crippen molar-refractivity contribution in [3.63, 3.8) is 0 Å². The van der Waals surface area contributed by atoms with Gasteiger partial charge in [0.1, 0.15) is 24.0 Å². The Morgan fingerprint density at radius 1 is 1.09 bits per heavy atom. The van der Waals surface area contributed by atoms with Crippen molar-refractivity contribution in [3.8, 4) is 17.1 Å². The number of carbonyl (C=O) groups is 1. The van der Waals surface area contributed by atoms with Crippen LogP contribution in [-0.4, -0.2) is 83.1 Å². The lowest BCUT2D eigenvalue weighted by molar-refractivity contribution is -0.131. The smallest absolute Gasteiger partial charge is 0.319 e. The zero-order chi connectivity index (χ0) is 30.4. The van der Waals surface area contributed by atoms with E-state index in [1.54, 1.807) is 17.4 Å². The molecule has 0 saturated carbocycles. The van der Waals surface area contributed by atoms with Crippen LogP contribution in [0.2, 0.25) is 0 Å². The summed E-state index contributed by atoms with van der Waals surface area (Å²) in [4.78, 5) is 31.2. The van der Waals surface area contributed by atoms with E-state index in [9.17, 15) is 9.18 Å². The number of benzene rings is 2. The summed E-state index contributed by atoms with van der Waals surface area (Å²) in [5, 5.41) is 3.48. The largest absolute Gasteiger partial charge is 0.461 e. The number of carbonyl (C=O) groups excluding carboxylic acids is 1. The topological polar surface area (TPSA) is 66.2 Å². The molecule has 0 N–H and O–H groups in total. The Kier molecular flexibility index (Phi) is 7.42. The van der Waals surface area contributed by atoms with Gasteiger partial charge in [-0.05, 0) is 67.9 Å². The molecule has 0 aliphatic carbocycles. The van der Waals surface area contributed by atoms with Crippen molar-refractivity contribution in [1.82, 2.24) is 19.8 Å². The van der Waals surface area contributed by atoms with Crippen molar-refractivity contribution in [2.24, 2.45) is 0 Å². The lowest BCUT2D eigenvalue weighted by Gasteiger charge is -2.39. The number of hydrogen-bond donors (Lipinski definition) is 0. The van der Waals surface area contributed by atoms with E-state index in [0.29, 0.717) is 29.9 Å². The van der Waals surface area contributed by atoms with Gasteiger partial charge in [0, 0.05) is 40.7 Å². The third-order valence-corrected chi connectivity index (χ3v) is 10.3. The molecule has 0 unspecified atom stereocenters. The van der Waals surface area contributed by atoms with Crippen molar-refractivity contribution in [2.75, 3.05) is 50.8 Å². The van der Waals surface area contributed by atoms with E-state index in [0.717, 1.165) is 54.4 Å². The van der Waals surface area contributed by atoms with Gasteiger partial charge in [-0.2, -0.15) is 9.97 Å². The number of aromatic nitrogens is 2. The van der Waals surface area contributed by atoms with Crippen LogP contribution in [0.4, 0.5) is 14.6 Å². The van der Waals surface area contributed by atoms with Gasteiger partial charge in [-0.25, -0.2) is 15.4 Å². The highest BCUT2D eigenvalue weighted by Gasteiger charge is 2.45. The molecule has 3 fully saturated rings. The van der Waals surface area contributed by atoms with E-state index < -0.39 is 23.6 Å². The van der Waals surface area contributed by atoms with Gasteiger partial charge in [-0.15, -0.1) is 11.3 Å². The Balaban J connectivity index is 1.31. The molecule has 3 saturated heterocycles. The first-order valence-corrected chi connectivity index (χ1v) is 15.8. The van der Waals surface area contributed by atoms with Crippen molar-refractivity contribution in [2.45, 2.75) is 37.3 Å². The summed E-state index contributed by atoms with van der Waals surface area (Å²) < 4.78 is 37.8. The molecule has 3 aliphatic heterocycles. The number of nitrogens with zero attached hydrogens (tertiary/aromatic N) is 6. The van der Waals surface area contributed by atoms with Gasteiger partial charge in [0.2, 0.25) is 6.54 Å². The first-order chi connectivity index (χ1) is 21.4. The third kappa shape index (κ3) is 4.86. The number of rotatable bonds is 7. The Morgan fingerprint density at radius 2 is 1.91 bits per heavy atom. The van der Waals surface area contributed by atoms with Gasteiger partial charge in [0.15, 0.2) is 11.6 Å². The summed E-state index contributed by atoms with van der Waals surface area (Å²) in [6.07, 6.45) is 4.33. The monoisotopic (exact) mass is 614 g/mol. The van der Waals surface area contributed by atoms with Gasteiger partial charge < -0.3 is 19.4 Å². The lowest BCUT2D eigenvalue weighted by atomic mass is 9.95. The van der Waals surface area contributed by atoms with Gasteiger partial charge in [0.05, 0.1) is 5.54 Å². The average Bonchev–Trinajstić information content (AvgIpc) is 3.76. The number of fused-ring (bicyclic) bond motifs is 3. The molecule has 44 heavy (non-hydrogen) atoms. The predicted octanol–water partition coefficient (Wildman–Crippen LogP) is 6.08. The van der Waals surface area contributed by atoms with Gasteiger partial charge in [-0.3, -0.25) is 9.69 Å². The van der Waals surface area contributed by atoms with E-state index in [-0.39, 0.29) is 36.7 Å². The summed E-state index contributed by atoms with van der Waals surface area (Å²) in [6, 6.07) is 11.0. The Bertz CT molecular complexity index is 1810. The fourth-order valence-corrected chi connectivity index (χ4v) is 8.07. The predicted molar refractivity (Wildman–Crippen MR) is 168 cm³/mol. The Hall–Kier alpha value is -4.14. The molecule has 1 amide bonds. The molecule has 4 aromatic rings. The molecule has 8 nitrogen and oxygen atoms in total. The minimum absolute atomic E-state index is 0.0105. The van der Waals surface area contributed by atoms with E-state index in [1.165, 1.54) is 4.90 Å². The number of thiophene rings is 1. The maximum atomic E-state index is 16.6. The minimum atomic E-state index is -1.06. The molecule has 11 heteroatoms. The highest BCUT2D eigenvalue weighted by molar-refractivity contribution is 7.17. The number of anilines is 1. The second-order valence-corrected chi connectivity index (χ2v) is 12.8. The molecule has 0 bridgehead atoms. The highest BCUT2D eigenvalue weighted by atomic mass is 32.1. The normalized spacial score (nSPS) is 19.8. The van der Waals surface area contributed by atoms with Crippen molar-refractivity contribution in [1.29, 1.82) is 0 Å². The van der Waals surface area contributed by atoms with Gasteiger partial charge in [0.25, 0.3) is 5.91 Å². The van der Waals surface area contributed by atoms with E-state index in [1.807, 2.05) is 40.6 Å². The van der Waals surface area contributed by atoms with E-state index >= 15 is 4.39 Å².